The number of oxime groups is 1. The molecule has 0 aliphatic heterocycles. The van der Waals surface area contributed by atoms with E-state index in [-0.39, 0.29) is 16.7 Å². The zero-order valence-electron chi connectivity index (χ0n) is 15.6. The molecule has 0 heterocycles. The second-order valence-electron chi connectivity index (χ2n) is 6.01. The van der Waals surface area contributed by atoms with E-state index in [9.17, 15) is 8.78 Å². The topological polar surface area (TPSA) is 40.0 Å². The van der Waals surface area contributed by atoms with Gasteiger partial charge in [-0.15, -0.1) is 0 Å². The maximum Gasteiger partial charge on any atom is 0.269 e. The van der Waals surface area contributed by atoms with Crippen LogP contribution in [0.2, 0.25) is 10.0 Å². The van der Waals surface area contributed by atoms with Gasteiger partial charge in [0.2, 0.25) is 0 Å². The van der Waals surface area contributed by atoms with Crippen LogP contribution in [0.4, 0.5) is 8.78 Å². The molecule has 1 aromatic rings. The minimum absolute atomic E-state index is 0.259. The van der Waals surface area contributed by atoms with Crippen molar-refractivity contribution in [1.82, 2.24) is 0 Å². The number of benzene rings is 1. The molecule has 0 bridgehead atoms. The van der Waals surface area contributed by atoms with Crippen molar-refractivity contribution in [2.75, 3.05) is 19.8 Å². The van der Waals surface area contributed by atoms with Crippen LogP contribution in [0.3, 0.4) is 0 Å². The summed E-state index contributed by atoms with van der Waals surface area (Å²) in [7, 11) is 0. The molecule has 0 saturated carbocycles. The van der Waals surface area contributed by atoms with E-state index < -0.39 is 6.08 Å². The van der Waals surface area contributed by atoms with Crippen molar-refractivity contribution in [3.05, 3.63) is 34.3 Å². The lowest BCUT2D eigenvalue weighted by atomic mass is 10.1. The Hall–Kier alpha value is -1.53. The average molecular weight is 424 g/mol. The second-order valence-corrected chi connectivity index (χ2v) is 6.82. The molecule has 1 aromatic carbocycles. The van der Waals surface area contributed by atoms with E-state index in [1.54, 1.807) is 0 Å². The number of hydrogen-bond donors (Lipinski definition) is 0. The lowest BCUT2D eigenvalue weighted by Crippen LogP contribution is -2.00. The predicted molar refractivity (Wildman–Crippen MR) is 106 cm³/mol. The molecule has 0 aliphatic rings. The van der Waals surface area contributed by atoms with Gasteiger partial charge in [-0.3, -0.25) is 0 Å². The van der Waals surface area contributed by atoms with E-state index in [2.05, 4.69) is 5.16 Å². The third-order valence-corrected chi connectivity index (χ3v) is 3.89. The van der Waals surface area contributed by atoms with E-state index in [4.69, 9.17) is 37.5 Å². The monoisotopic (exact) mass is 423 g/mol. The first-order chi connectivity index (χ1) is 12.9. The van der Waals surface area contributed by atoms with Crippen LogP contribution in [0, 0.1) is 0 Å². The van der Waals surface area contributed by atoms with Crippen LogP contribution < -0.4 is 9.47 Å². The lowest BCUT2D eigenvalue weighted by molar-refractivity contribution is 0.139. The van der Waals surface area contributed by atoms with Gasteiger partial charge in [-0.25, -0.2) is 0 Å². The van der Waals surface area contributed by atoms with Gasteiger partial charge in [0.25, 0.3) is 6.08 Å². The SMILES string of the molecule is CC(C)=NOCCCCCCCOc1c(Cl)cc(OCC=C(F)F)cc1Cl. The number of ether oxygens (including phenoxy) is 2. The van der Waals surface area contributed by atoms with Crippen LogP contribution in [0.15, 0.2) is 29.4 Å². The van der Waals surface area contributed by atoms with Crippen LogP contribution in [-0.2, 0) is 4.84 Å². The summed E-state index contributed by atoms with van der Waals surface area (Å²) in [5, 5.41) is 4.45. The van der Waals surface area contributed by atoms with Crippen molar-refractivity contribution < 1.29 is 23.1 Å². The van der Waals surface area contributed by atoms with Crippen molar-refractivity contribution in [3.63, 3.8) is 0 Å². The molecular weight excluding hydrogens is 399 g/mol. The number of halogens is 4. The predicted octanol–water partition coefficient (Wildman–Crippen LogP) is 6.89. The first kappa shape index (κ1) is 23.5. The van der Waals surface area contributed by atoms with Gasteiger partial charge in [-0.2, -0.15) is 8.78 Å². The van der Waals surface area contributed by atoms with Crippen LogP contribution in [0.25, 0.3) is 0 Å². The van der Waals surface area contributed by atoms with Crippen LogP contribution >= 0.6 is 23.2 Å². The van der Waals surface area contributed by atoms with Gasteiger partial charge in [0.15, 0.2) is 5.75 Å². The summed E-state index contributed by atoms with van der Waals surface area (Å²) in [5.41, 5.74) is 0.912. The molecule has 1 rings (SSSR count). The molecule has 4 nitrogen and oxygen atoms in total. The van der Waals surface area contributed by atoms with E-state index >= 15 is 0 Å². The Morgan fingerprint density at radius 1 is 0.963 bits per heavy atom. The first-order valence-electron chi connectivity index (χ1n) is 8.79. The van der Waals surface area contributed by atoms with Crippen LogP contribution in [0.5, 0.6) is 11.5 Å². The summed E-state index contributed by atoms with van der Waals surface area (Å²) in [5.74, 6) is 0.679. The number of unbranched alkanes of at least 4 members (excludes halogenated alkanes) is 4. The van der Waals surface area contributed by atoms with Gasteiger partial charge < -0.3 is 14.3 Å². The van der Waals surface area contributed by atoms with Crippen LogP contribution in [0.1, 0.15) is 46.0 Å². The minimum atomic E-state index is -1.80. The van der Waals surface area contributed by atoms with Crippen molar-refractivity contribution in [2.24, 2.45) is 5.16 Å². The largest absolute Gasteiger partial charge is 0.490 e. The van der Waals surface area contributed by atoms with Crippen molar-refractivity contribution in [3.8, 4) is 11.5 Å². The normalized spacial score (nSPS) is 10.3. The number of hydrogen-bond acceptors (Lipinski definition) is 4. The molecule has 27 heavy (non-hydrogen) atoms. The maximum absolute atomic E-state index is 12.0. The highest BCUT2D eigenvalue weighted by Crippen LogP contribution is 2.37. The van der Waals surface area contributed by atoms with Crippen molar-refractivity contribution in [1.29, 1.82) is 0 Å². The number of rotatable bonds is 13. The molecule has 0 fully saturated rings. The van der Waals surface area contributed by atoms with Gasteiger partial charge >= 0.3 is 0 Å². The maximum atomic E-state index is 12.0. The van der Waals surface area contributed by atoms with E-state index in [1.165, 1.54) is 12.1 Å². The molecule has 0 atom stereocenters. The highest BCUT2D eigenvalue weighted by atomic mass is 35.5. The second kappa shape index (κ2) is 13.6. The fourth-order valence-corrected chi connectivity index (χ4v) is 2.68. The van der Waals surface area contributed by atoms with Gasteiger partial charge in [-0.05, 0) is 33.1 Å². The molecule has 0 aromatic heterocycles. The molecule has 8 heteroatoms. The average Bonchev–Trinajstić information content (AvgIpc) is 2.58. The summed E-state index contributed by atoms with van der Waals surface area (Å²) >= 11 is 12.3. The highest BCUT2D eigenvalue weighted by Gasteiger charge is 2.10. The molecule has 0 spiro atoms. The van der Waals surface area contributed by atoms with Gasteiger partial charge in [0.05, 0.1) is 22.4 Å². The van der Waals surface area contributed by atoms with E-state index in [1.807, 2.05) is 13.8 Å². The summed E-state index contributed by atoms with van der Waals surface area (Å²) in [4.78, 5) is 5.14. The van der Waals surface area contributed by atoms with Gasteiger partial charge in [0.1, 0.15) is 19.0 Å². The summed E-state index contributed by atoms with van der Waals surface area (Å²) in [6, 6.07) is 2.99. The standard InChI is InChI=1S/C19H25Cl2F2NO3/c1-14(2)24-27-10-7-5-3-4-6-9-26-19-16(20)12-15(13-17(19)21)25-11-8-18(22)23/h8,12-13H,3-7,9-11H2,1-2H3. The van der Waals surface area contributed by atoms with Crippen LogP contribution in [-0.4, -0.2) is 25.5 Å². The molecule has 0 saturated heterocycles. The highest BCUT2D eigenvalue weighted by molar-refractivity contribution is 6.37. The molecule has 0 amide bonds. The Morgan fingerprint density at radius 3 is 2.15 bits per heavy atom. The van der Waals surface area contributed by atoms with E-state index in [0.717, 1.165) is 37.8 Å². The molecule has 0 radical (unpaired) electrons. The fraction of sp³-hybridized carbons (Fsp3) is 0.526. The molecule has 0 N–H and O–H groups in total. The molecule has 152 valence electrons. The fourth-order valence-electron chi connectivity index (χ4n) is 2.11. The smallest absolute Gasteiger partial charge is 0.269 e. The quantitative estimate of drug-likeness (QED) is 0.197. The molecular formula is C19H25Cl2F2NO3. The zero-order valence-corrected chi connectivity index (χ0v) is 17.1. The van der Waals surface area contributed by atoms with E-state index in [0.29, 0.717) is 30.8 Å². The van der Waals surface area contributed by atoms with Gasteiger partial charge in [0, 0.05) is 18.2 Å². The Kier molecular flexibility index (Phi) is 11.9. The van der Waals surface area contributed by atoms with Crippen molar-refractivity contribution >= 4 is 28.9 Å². The third-order valence-electron chi connectivity index (χ3n) is 3.33. The lowest BCUT2D eigenvalue weighted by Gasteiger charge is -2.12. The number of nitrogens with zero attached hydrogens (tertiary/aromatic N) is 1. The third kappa shape index (κ3) is 11.0. The Morgan fingerprint density at radius 2 is 1.56 bits per heavy atom. The first-order valence-corrected chi connectivity index (χ1v) is 9.54. The minimum Gasteiger partial charge on any atom is -0.490 e. The Bertz CT molecular complexity index is 608. The summed E-state index contributed by atoms with van der Waals surface area (Å²) in [6.07, 6.45) is 3.87. The molecule has 0 aliphatic carbocycles. The van der Waals surface area contributed by atoms with Gasteiger partial charge in [-0.1, -0.05) is 41.2 Å². The Balaban J connectivity index is 2.24. The van der Waals surface area contributed by atoms with Crippen molar-refractivity contribution in [2.45, 2.75) is 46.0 Å². The summed E-state index contributed by atoms with van der Waals surface area (Å²) < 4.78 is 34.8. The Labute approximate surface area is 169 Å². The summed E-state index contributed by atoms with van der Waals surface area (Å²) in [6.45, 7) is 4.65. The zero-order chi connectivity index (χ0) is 20.1. The molecule has 0 unspecified atom stereocenters.